The Labute approximate surface area is 198 Å². The van der Waals surface area contributed by atoms with E-state index >= 15 is 0 Å². The molecule has 10 heteroatoms. The van der Waals surface area contributed by atoms with Gasteiger partial charge in [-0.05, 0) is 46.4 Å². The molecule has 0 bridgehead atoms. The monoisotopic (exact) mass is 499 g/mol. The number of nitrogens with one attached hydrogen (secondary N) is 1. The first-order valence-electron chi connectivity index (χ1n) is 10.1. The molecule has 0 radical (unpaired) electrons. The molecule has 2 aliphatic rings. The second-order valence-electron chi connectivity index (χ2n) is 8.68. The third kappa shape index (κ3) is 6.60. The zero-order chi connectivity index (χ0) is 24.4. The standard InChI is InChI=1S/C23H24F3NO4S2/c1-22(2,3)19(21(29)30)27-20(28)16-8-9-17-15(10-11-32-17)18(16)31-12-13-4-6-14(7-5-13)33-23(24,25)26/h4-11,15,17,19H,12H2,1-3H3,(H,27,28)(H,29,30). The van der Waals surface area contributed by atoms with Crippen LogP contribution in [0, 0.1) is 11.3 Å². The molecule has 0 aromatic heterocycles. The third-order valence-corrected chi connectivity index (χ3v) is 6.90. The van der Waals surface area contributed by atoms with E-state index in [2.05, 4.69) is 5.32 Å². The van der Waals surface area contributed by atoms with Crippen LogP contribution in [0.3, 0.4) is 0 Å². The average Bonchev–Trinajstić information content (AvgIpc) is 3.18. The number of hydrogen-bond donors (Lipinski definition) is 2. The van der Waals surface area contributed by atoms with Crippen molar-refractivity contribution >= 4 is 35.4 Å². The lowest BCUT2D eigenvalue weighted by atomic mass is 9.86. The molecule has 0 fully saturated rings. The van der Waals surface area contributed by atoms with Gasteiger partial charge in [0.2, 0.25) is 0 Å². The maximum Gasteiger partial charge on any atom is 0.446 e. The van der Waals surface area contributed by atoms with Crippen LogP contribution in [0.2, 0.25) is 0 Å². The van der Waals surface area contributed by atoms with Crippen molar-refractivity contribution in [1.29, 1.82) is 0 Å². The van der Waals surface area contributed by atoms with Crippen molar-refractivity contribution < 1.29 is 32.6 Å². The maximum absolute atomic E-state index is 13.0. The first kappa shape index (κ1) is 25.3. The molecule has 1 aliphatic carbocycles. The topological polar surface area (TPSA) is 75.6 Å². The molecular formula is C23H24F3NO4S2. The van der Waals surface area contributed by atoms with Gasteiger partial charge in [-0.1, -0.05) is 45.1 Å². The van der Waals surface area contributed by atoms with Gasteiger partial charge >= 0.3 is 11.5 Å². The molecule has 3 rings (SSSR count). The van der Waals surface area contributed by atoms with Gasteiger partial charge in [0.05, 0.1) is 11.5 Å². The highest BCUT2D eigenvalue weighted by atomic mass is 32.2. The number of amides is 1. The number of carboxylic acids is 1. The summed E-state index contributed by atoms with van der Waals surface area (Å²) in [6.45, 7) is 5.23. The molecule has 1 amide bonds. The fraction of sp³-hybridized carbons (Fsp3) is 0.391. The zero-order valence-electron chi connectivity index (χ0n) is 18.2. The van der Waals surface area contributed by atoms with Gasteiger partial charge in [0, 0.05) is 10.1 Å². The third-order valence-electron chi connectivity index (χ3n) is 5.08. The van der Waals surface area contributed by atoms with E-state index in [0.717, 1.165) is 0 Å². The number of benzene rings is 1. The van der Waals surface area contributed by atoms with Crippen LogP contribution in [0.5, 0.6) is 0 Å². The Morgan fingerprint density at radius 1 is 1.18 bits per heavy atom. The lowest BCUT2D eigenvalue weighted by molar-refractivity contribution is -0.144. The molecule has 1 aliphatic heterocycles. The van der Waals surface area contributed by atoms with Gasteiger partial charge in [-0.15, -0.1) is 11.8 Å². The van der Waals surface area contributed by atoms with Crippen LogP contribution in [-0.4, -0.2) is 33.8 Å². The van der Waals surface area contributed by atoms with Crippen molar-refractivity contribution in [2.75, 3.05) is 0 Å². The number of allylic oxidation sites excluding steroid dienone is 1. The van der Waals surface area contributed by atoms with E-state index in [1.165, 1.54) is 12.1 Å². The Hall–Kier alpha value is -2.33. The van der Waals surface area contributed by atoms with Gasteiger partial charge in [-0.3, -0.25) is 4.79 Å². The molecule has 1 heterocycles. The fourth-order valence-electron chi connectivity index (χ4n) is 3.44. The molecule has 5 nitrogen and oxygen atoms in total. The van der Waals surface area contributed by atoms with Crippen molar-refractivity contribution in [3.63, 3.8) is 0 Å². The van der Waals surface area contributed by atoms with Crippen LogP contribution in [0.25, 0.3) is 0 Å². The summed E-state index contributed by atoms with van der Waals surface area (Å²) in [5.74, 6) is -1.47. The van der Waals surface area contributed by atoms with Crippen molar-refractivity contribution in [1.82, 2.24) is 5.32 Å². The smallest absolute Gasteiger partial charge is 0.446 e. The van der Waals surface area contributed by atoms with Crippen molar-refractivity contribution in [2.24, 2.45) is 11.3 Å². The zero-order valence-corrected chi connectivity index (χ0v) is 19.8. The quantitative estimate of drug-likeness (QED) is 0.483. The molecule has 33 heavy (non-hydrogen) atoms. The van der Waals surface area contributed by atoms with Crippen molar-refractivity contribution in [3.05, 3.63) is 64.8 Å². The van der Waals surface area contributed by atoms with E-state index in [9.17, 15) is 27.9 Å². The SMILES string of the molecule is CC(C)(C)C(NC(=O)C1=C(OCc2ccc(SC(F)(F)F)cc2)C2C=CSC2C=C1)C(=O)O. The number of ether oxygens (including phenoxy) is 1. The number of rotatable bonds is 7. The number of halogens is 3. The maximum atomic E-state index is 13.0. The largest absolute Gasteiger partial charge is 0.492 e. The Morgan fingerprint density at radius 2 is 1.85 bits per heavy atom. The highest BCUT2D eigenvalue weighted by Gasteiger charge is 2.37. The minimum absolute atomic E-state index is 0.0556. The highest BCUT2D eigenvalue weighted by molar-refractivity contribution is 8.03. The number of aliphatic carboxylic acids is 1. The predicted molar refractivity (Wildman–Crippen MR) is 122 cm³/mol. The van der Waals surface area contributed by atoms with Gasteiger partial charge in [0.1, 0.15) is 18.4 Å². The highest BCUT2D eigenvalue weighted by Crippen LogP contribution is 2.41. The molecule has 178 valence electrons. The van der Waals surface area contributed by atoms with Gasteiger partial charge in [0.15, 0.2) is 0 Å². The van der Waals surface area contributed by atoms with Crippen molar-refractivity contribution in [3.8, 4) is 0 Å². The number of carbonyl (C=O) groups excluding carboxylic acids is 1. The van der Waals surface area contributed by atoms with Crippen LogP contribution < -0.4 is 5.32 Å². The molecule has 0 saturated heterocycles. The Kier molecular flexibility index (Phi) is 7.58. The van der Waals surface area contributed by atoms with E-state index < -0.39 is 28.8 Å². The summed E-state index contributed by atoms with van der Waals surface area (Å²) in [7, 11) is 0. The van der Waals surface area contributed by atoms with Crippen LogP contribution in [0.4, 0.5) is 13.2 Å². The number of fused-ring (bicyclic) bond motifs is 1. The van der Waals surface area contributed by atoms with E-state index in [1.807, 2.05) is 17.6 Å². The summed E-state index contributed by atoms with van der Waals surface area (Å²) in [4.78, 5) is 24.8. The number of hydrogen-bond acceptors (Lipinski definition) is 5. The van der Waals surface area contributed by atoms with E-state index in [1.54, 1.807) is 50.7 Å². The number of alkyl halides is 3. The van der Waals surface area contributed by atoms with Crippen molar-refractivity contribution in [2.45, 2.75) is 49.1 Å². The first-order chi connectivity index (χ1) is 15.3. The minimum atomic E-state index is -4.36. The van der Waals surface area contributed by atoms with Gasteiger partial charge in [0.25, 0.3) is 5.91 Å². The summed E-state index contributed by atoms with van der Waals surface area (Å²) in [5, 5.41) is 14.1. The average molecular weight is 500 g/mol. The number of carbonyl (C=O) groups is 2. The summed E-state index contributed by atoms with van der Waals surface area (Å²) in [5.41, 5.74) is -4.18. The van der Waals surface area contributed by atoms with Crippen LogP contribution in [0.15, 0.2) is 64.1 Å². The summed E-state index contributed by atoms with van der Waals surface area (Å²) in [6, 6.07) is 4.73. The van der Waals surface area contributed by atoms with Crippen LogP contribution in [-0.2, 0) is 20.9 Å². The van der Waals surface area contributed by atoms with E-state index in [-0.39, 0.29) is 40.0 Å². The second kappa shape index (κ2) is 9.89. The fourth-order valence-corrected chi connectivity index (χ4v) is 4.97. The molecular weight excluding hydrogens is 475 g/mol. The molecule has 0 saturated carbocycles. The Morgan fingerprint density at radius 3 is 2.42 bits per heavy atom. The Bertz CT molecular complexity index is 994. The normalized spacial score (nSPS) is 21.0. The lowest BCUT2D eigenvalue weighted by Gasteiger charge is -2.30. The van der Waals surface area contributed by atoms with E-state index in [4.69, 9.17) is 4.74 Å². The Balaban J connectivity index is 1.80. The lowest BCUT2D eigenvalue weighted by Crippen LogP contribution is -2.49. The molecule has 0 spiro atoms. The van der Waals surface area contributed by atoms with Gasteiger partial charge in [-0.2, -0.15) is 13.2 Å². The second-order valence-corrected chi connectivity index (χ2v) is 10.9. The van der Waals surface area contributed by atoms with Gasteiger partial charge in [-0.25, -0.2) is 4.79 Å². The summed E-state index contributed by atoms with van der Waals surface area (Å²) in [6.07, 6.45) is 5.44. The molecule has 1 aromatic carbocycles. The molecule has 2 N–H and O–H groups in total. The molecule has 3 atom stereocenters. The predicted octanol–water partition coefficient (Wildman–Crippen LogP) is 5.50. The first-order valence-corrected chi connectivity index (χ1v) is 11.9. The summed E-state index contributed by atoms with van der Waals surface area (Å²) >= 11 is 1.39. The summed E-state index contributed by atoms with van der Waals surface area (Å²) < 4.78 is 43.6. The van der Waals surface area contributed by atoms with Gasteiger partial charge < -0.3 is 15.2 Å². The van der Waals surface area contributed by atoms with Crippen LogP contribution >= 0.6 is 23.5 Å². The molecule has 3 unspecified atom stereocenters. The molecule has 1 aromatic rings. The van der Waals surface area contributed by atoms with E-state index in [0.29, 0.717) is 11.3 Å². The number of carboxylic acid groups (broad SMARTS) is 1. The number of thioether (sulfide) groups is 2. The minimum Gasteiger partial charge on any atom is -0.492 e. The van der Waals surface area contributed by atoms with Crippen LogP contribution in [0.1, 0.15) is 26.3 Å².